The summed E-state index contributed by atoms with van der Waals surface area (Å²) in [6.07, 6.45) is 1.49. The number of ketones is 1. The second-order valence-electron chi connectivity index (χ2n) is 5.86. The van der Waals surface area contributed by atoms with E-state index in [0.717, 1.165) is 29.8 Å². The van der Waals surface area contributed by atoms with Crippen molar-refractivity contribution >= 4 is 40.2 Å². The molecule has 3 aromatic rings. The zero-order valence-electron chi connectivity index (χ0n) is 13.5. The number of carbonyl (C=O) groups is 2. The number of amides is 1. The fraction of sp³-hybridized carbons (Fsp3) is 0.211. The van der Waals surface area contributed by atoms with Crippen molar-refractivity contribution in [3.8, 4) is 0 Å². The van der Waals surface area contributed by atoms with Crippen molar-refractivity contribution in [3.05, 3.63) is 54.1 Å². The topological polar surface area (TPSA) is 63.4 Å². The minimum atomic E-state index is 0.00607. The second kappa shape index (κ2) is 6.72. The monoisotopic (exact) mass is 352 g/mol. The minimum Gasteiger partial charge on any atom is -0.431 e. The summed E-state index contributed by atoms with van der Waals surface area (Å²) >= 11 is 1.29. The van der Waals surface area contributed by atoms with Crippen molar-refractivity contribution in [1.82, 2.24) is 4.98 Å². The van der Waals surface area contributed by atoms with Gasteiger partial charge >= 0.3 is 0 Å². The molecular weight excluding hydrogens is 336 g/mol. The molecule has 0 atom stereocenters. The molecule has 0 bridgehead atoms. The van der Waals surface area contributed by atoms with E-state index in [1.165, 1.54) is 11.8 Å². The minimum absolute atomic E-state index is 0.00607. The van der Waals surface area contributed by atoms with Crippen LogP contribution in [0, 0.1) is 0 Å². The molecule has 0 radical (unpaired) electrons. The van der Waals surface area contributed by atoms with Gasteiger partial charge in [-0.25, -0.2) is 4.98 Å². The molecule has 2 aromatic carbocycles. The molecular formula is C19H16N2O3S. The van der Waals surface area contributed by atoms with Crippen LogP contribution in [-0.2, 0) is 4.79 Å². The Kier molecular flexibility index (Phi) is 4.28. The van der Waals surface area contributed by atoms with Gasteiger partial charge in [0.25, 0.3) is 5.22 Å². The number of hydrogen-bond donors (Lipinski definition) is 0. The molecule has 0 aliphatic carbocycles. The third kappa shape index (κ3) is 3.30. The van der Waals surface area contributed by atoms with Crippen molar-refractivity contribution < 1.29 is 14.0 Å². The normalized spacial score (nSPS) is 14.4. The maximum Gasteiger partial charge on any atom is 0.257 e. The SMILES string of the molecule is O=C(CSc1nc2ccccc2o1)c1ccc(N2CCCC2=O)cc1. The molecule has 25 heavy (non-hydrogen) atoms. The Balaban J connectivity index is 1.41. The van der Waals surface area contributed by atoms with E-state index in [4.69, 9.17) is 4.42 Å². The van der Waals surface area contributed by atoms with Gasteiger partial charge in [-0.3, -0.25) is 9.59 Å². The summed E-state index contributed by atoms with van der Waals surface area (Å²) in [5, 5.41) is 0.494. The number of oxazole rings is 1. The number of para-hydroxylation sites is 2. The highest BCUT2D eigenvalue weighted by atomic mass is 32.2. The molecule has 1 amide bonds. The third-order valence-corrected chi connectivity index (χ3v) is 5.00. The molecule has 5 nitrogen and oxygen atoms in total. The first-order chi connectivity index (χ1) is 12.2. The highest BCUT2D eigenvalue weighted by Gasteiger charge is 2.21. The summed E-state index contributed by atoms with van der Waals surface area (Å²) in [5.41, 5.74) is 2.99. The summed E-state index contributed by atoms with van der Waals surface area (Å²) < 4.78 is 5.61. The molecule has 1 aliphatic rings. The number of hydrogen-bond acceptors (Lipinski definition) is 5. The van der Waals surface area contributed by atoms with Crippen molar-refractivity contribution in [2.45, 2.75) is 18.1 Å². The first kappa shape index (κ1) is 15.9. The van der Waals surface area contributed by atoms with E-state index >= 15 is 0 Å². The van der Waals surface area contributed by atoms with Gasteiger partial charge < -0.3 is 9.32 Å². The van der Waals surface area contributed by atoms with Gasteiger partial charge in [0.05, 0.1) is 5.75 Å². The number of fused-ring (bicyclic) bond motifs is 1. The maximum absolute atomic E-state index is 12.4. The molecule has 4 rings (SSSR count). The van der Waals surface area contributed by atoms with Gasteiger partial charge in [-0.2, -0.15) is 0 Å². The molecule has 6 heteroatoms. The van der Waals surface area contributed by atoms with Crippen molar-refractivity contribution in [1.29, 1.82) is 0 Å². The van der Waals surface area contributed by atoms with Crippen LogP contribution in [0.15, 0.2) is 58.2 Å². The van der Waals surface area contributed by atoms with Gasteiger partial charge in [0.2, 0.25) is 5.91 Å². The molecule has 0 unspecified atom stereocenters. The predicted molar refractivity (Wildman–Crippen MR) is 97.1 cm³/mol. The summed E-state index contributed by atoms with van der Waals surface area (Å²) in [6.45, 7) is 0.750. The van der Waals surface area contributed by atoms with Gasteiger partial charge in [0.1, 0.15) is 5.52 Å². The second-order valence-corrected chi connectivity index (χ2v) is 6.78. The van der Waals surface area contributed by atoms with Gasteiger partial charge in [0, 0.05) is 24.2 Å². The number of carbonyl (C=O) groups excluding carboxylic acids is 2. The first-order valence-electron chi connectivity index (χ1n) is 8.13. The van der Waals surface area contributed by atoms with Gasteiger partial charge in [-0.1, -0.05) is 23.9 Å². The number of benzene rings is 2. The summed E-state index contributed by atoms with van der Waals surface area (Å²) in [6, 6.07) is 14.7. The van der Waals surface area contributed by atoms with Gasteiger partial charge in [-0.05, 0) is 42.8 Å². The van der Waals surface area contributed by atoms with Crippen LogP contribution in [-0.4, -0.2) is 29.0 Å². The maximum atomic E-state index is 12.4. The van der Waals surface area contributed by atoms with Gasteiger partial charge in [0.15, 0.2) is 11.4 Å². The van der Waals surface area contributed by atoms with E-state index in [2.05, 4.69) is 4.98 Å². The highest BCUT2D eigenvalue weighted by Crippen LogP contribution is 2.25. The van der Waals surface area contributed by atoms with Crippen LogP contribution in [0.2, 0.25) is 0 Å². The predicted octanol–water partition coefficient (Wildman–Crippen LogP) is 3.93. The van der Waals surface area contributed by atoms with Crippen LogP contribution < -0.4 is 4.90 Å². The number of rotatable bonds is 5. The average Bonchev–Trinajstić information content (AvgIpc) is 3.25. The number of nitrogens with zero attached hydrogens (tertiary/aromatic N) is 2. The van der Waals surface area contributed by atoms with E-state index in [1.807, 2.05) is 36.4 Å². The molecule has 1 aromatic heterocycles. The first-order valence-corrected chi connectivity index (χ1v) is 9.11. The fourth-order valence-corrected chi connectivity index (χ4v) is 3.60. The lowest BCUT2D eigenvalue weighted by molar-refractivity contribution is -0.117. The van der Waals surface area contributed by atoms with Crippen molar-refractivity contribution in [3.63, 3.8) is 0 Å². The summed E-state index contributed by atoms with van der Waals surface area (Å²) in [5.74, 6) is 0.409. The average molecular weight is 352 g/mol. The molecule has 1 saturated heterocycles. The van der Waals surface area contributed by atoms with Gasteiger partial charge in [-0.15, -0.1) is 0 Å². The third-order valence-electron chi connectivity index (χ3n) is 4.18. The van der Waals surface area contributed by atoms with Crippen LogP contribution >= 0.6 is 11.8 Å². The zero-order chi connectivity index (χ0) is 17.2. The van der Waals surface area contributed by atoms with Crippen molar-refractivity contribution in [2.75, 3.05) is 17.2 Å². The number of anilines is 1. The van der Waals surface area contributed by atoms with E-state index < -0.39 is 0 Å². The lowest BCUT2D eigenvalue weighted by atomic mass is 10.1. The van der Waals surface area contributed by atoms with E-state index in [-0.39, 0.29) is 17.4 Å². The zero-order valence-corrected chi connectivity index (χ0v) is 14.3. The summed E-state index contributed by atoms with van der Waals surface area (Å²) in [4.78, 5) is 30.2. The molecule has 126 valence electrons. The van der Waals surface area contributed by atoms with E-state index in [0.29, 0.717) is 17.2 Å². The van der Waals surface area contributed by atoms with E-state index in [1.54, 1.807) is 17.0 Å². The molecule has 0 N–H and O–H groups in total. The van der Waals surface area contributed by atoms with Crippen LogP contribution in [0.3, 0.4) is 0 Å². The Morgan fingerprint density at radius 3 is 2.68 bits per heavy atom. The number of aromatic nitrogens is 1. The van der Waals surface area contributed by atoms with Crippen LogP contribution in [0.1, 0.15) is 23.2 Å². The van der Waals surface area contributed by atoms with Crippen LogP contribution in [0.25, 0.3) is 11.1 Å². The largest absolute Gasteiger partial charge is 0.431 e. The quantitative estimate of drug-likeness (QED) is 0.514. The van der Waals surface area contributed by atoms with Crippen molar-refractivity contribution in [2.24, 2.45) is 0 Å². The standard InChI is InChI=1S/C19H16N2O3S/c22-16(12-25-19-20-15-4-1-2-5-17(15)24-19)13-7-9-14(10-8-13)21-11-3-6-18(21)23/h1-2,4-5,7-10H,3,6,11-12H2. The molecule has 1 fully saturated rings. The highest BCUT2D eigenvalue weighted by molar-refractivity contribution is 7.99. The Hall–Kier alpha value is -2.60. The Bertz CT molecular complexity index is 900. The smallest absolute Gasteiger partial charge is 0.257 e. The Labute approximate surface area is 149 Å². The fourth-order valence-electron chi connectivity index (χ4n) is 2.87. The molecule has 0 spiro atoms. The van der Waals surface area contributed by atoms with E-state index in [9.17, 15) is 9.59 Å². The molecule has 0 saturated carbocycles. The lowest BCUT2D eigenvalue weighted by Crippen LogP contribution is -2.23. The van der Waals surface area contributed by atoms with Crippen LogP contribution in [0.4, 0.5) is 5.69 Å². The lowest BCUT2D eigenvalue weighted by Gasteiger charge is -2.15. The summed E-state index contributed by atoms with van der Waals surface area (Å²) in [7, 11) is 0. The number of Topliss-reactive ketones (excluding diaryl/α,β-unsaturated/α-hetero) is 1. The van der Waals surface area contributed by atoms with Crippen LogP contribution in [0.5, 0.6) is 0 Å². The molecule has 2 heterocycles. The number of thioether (sulfide) groups is 1. The molecule has 1 aliphatic heterocycles. The Morgan fingerprint density at radius 2 is 1.96 bits per heavy atom. The Morgan fingerprint density at radius 1 is 1.16 bits per heavy atom.